The lowest BCUT2D eigenvalue weighted by atomic mass is 9.94. The van der Waals surface area contributed by atoms with Gasteiger partial charge in [0.25, 0.3) is 0 Å². The van der Waals surface area contributed by atoms with Crippen LogP contribution in [0.3, 0.4) is 0 Å². The first-order chi connectivity index (χ1) is 12.0. The Labute approximate surface area is 146 Å². The number of hydrogen-bond donors (Lipinski definition) is 2. The number of carbonyl (C=O) groups excluding carboxylic acids is 3. The van der Waals surface area contributed by atoms with E-state index in [1.54, 1.807) is 11.8 Å². The molecule has 2 N–H and O–H groups in total. The van der Waals surface area contributed by atoms with Crippen LogP contribution in [0.5, 0.6) is 0 Å². The van der Waals surface area contributed by atoms with E-state index in [9.17, 15) is 14.4 Å². The van der Waals surface area contributed by atoms with Crippen LogP contribution in [0, 0.1) is 0 Å². The summed E-state index contributed by atoms with van der Waals surface area (Å²) in [5.74, 6) is -0.330. The predicted octanol–water partition coefficient (Wildman–Crippen LogP) is 1.18. The maximum absolute atomic E-state index is 12.7. The van der Waals surface area contributed by atoms with E-state index in [1.807, 2.05) is 30.3 Å². The molecule has 2 saturated heterocycles. The first-order valence-electron chi connectivity index (χ1n) is 8.60. The van der Waals surface area contributed by atoms with Gasteiger partial charge in [-0.15, -0.1) is 0 Å². The molecule has 7 nitrogen and oxygen atoms in total. The maximum Gasteiger partial charge on any atom is 0.408 e. The van der Waals surface area contributed by atoms with Gasteiger partial charge in [0.15, 0.2) is 0 Å². The van der Waals surface area contributed by atoms with E-state index in [0.717, 1.165) is 12.0 Å². The predicted molar refractivity (Wildman–Crippen MR) is 90.5 cm³/mol. The number of nitrogens with one attached hydrogen (secondary N) is 2. The van der Waals surface area contributed by atoms with Crippen molar-refractivity contribution in [1.82, 2.24) is 15.5 Å². The van der Waals surface area contributed by atoms with Crippen LogP contribution in [-0.4, -0.2) is 47.5 Å². The Kier molecular flexibility index (Phi) is 4.92. The summed E-state index contributed by atoms with van der Waals surface area (Å²) in [4.78, 5) is 38.5. The fourth-order valence-corrected chi connectivity index (χ4v) is 3.59. The van der Waals surface area contributed by atoms with E-state index in [2.05, 4.69) is 10.6 Å². The molecule has 1 spiro atoms. The average molecular weight is 345 g/mol. The highest BCUT2D eigenvalue weighted by Gasteiger charge is 2.52. The highest BCUT2D eigenvalue weighted by Crippen LogP contribution is 2.35. The molecule has 2 aliphatic rings. The van der Waals surface area contributed by atoms with Gasteiger partial charge in [0, 0.05) is 13.1 Å². The van der Waals surface area contributed by atoms with Crippen molar-refractivity contribution in [2.75, 3.05) is 13.1 Å². The molecule has 0 radical (unpaired) electrons. The smallest absolute Gasteiger partial charge is 0.408 e. The van der Waals surface area contributed by atoms with Crippen molar-refractivity contribution in [3.63, 3.8) is 0 Å². The van der Waals surface area contributed by atoms with Gasteiger partial charge in [-0.25, -0.2) is 4.79 Å². The van der Waals surface area contributed by atoms with Crippen molar-refractivity contribution in [3.05, 3.63) is 35.9 Å². The molecule has 2 aliphatic heterocycles. The summed E-state index contributed by atoms with van der Waals surface area (Å²) in [6.07, 6.45) is 1.46. The first-order valence-corrected chi connectivity index (χ1v) is 8.60. The van der Waals surface area contributed by atoms with Crippen LogP contribution >= 0.6 is 0 Å². The summed E-state index contributed by atoms with van der Waals surface area (Å²) in [6.45, 7) is 2.88. The van der Waals surface area contributed by atoms with E-state index in [4.69, 9.17) is 4.74 Å². The van der Waals surface area contributed by atoms with Crippen molar-refractivity contribution >= 4 is 17.9 Å². The Morgan fingerprint density at radius 1 is 1.32 bits per heavy atom. The molecule has 0 bridgehead atoms. The van der Waals surface area contributed by atoms with Gasteiger partial charge in [-0.1, -0.05) is 30.3 Å². The molecule has 0 aliphatic carbocycles. The van der Waals surface area contributed by atoms with Crippen LogP contribution in [0.4, 0.5) is 4.79 Å². The zero-order chi connectivity index (χ0) is 17.9. The van der Waals surface area contributed by atoms with E-state index in [-0.39, 0.29) is 18.4 Å². The molecule has 25 heavy (non-hydrogen) atoms. The van der Waals surface area contributed by atoms with Crippen molar-refractivity contribution in [1.29, 1.82) is 0 Å². The van der Waals surface area contributed by atoms with Crippen LogP contribution in [0.1, 0.15) is 31.7 Å². The van der Waals surface area contributed by atoms with Gasteiger partial charge in [-0.2, -0.15) is 0 Å². The topological polar surface area (TPSA) is 87.7 Å². The van der Waals surface area contributed by atoms with Gasteiger partial charge in [0.1, 0.15) is 18.2 Å². The number of carbonyl (C=O) groups is 3. The van der Waals surface area contributed by atoms with Crippen LogP contribution in [0.25, 0.3) is 0 Å². The van der Waals surface area contributed by atoms with Gasteiger partial charge < -0.3 is 20.3 Å². The number of benzene rings is 1. The minimum atomic E-state index is -0.744. The first kappa shape index (κ1) is 17.3. The highest BCUT2D eigenvalue weighted by molar-refractivity contribution is 5.95. The average Bonchev–Trinajstić information content (AvgIpc) is 3.21. The minimum Gasteiger partial charge on any atom is -0.445 e. The van der Waals surface area contributed by atoms with Crippen molar-refractivity contribution in [2.24, 2.45) is 0 Å². The normalized spacial score (nSPS) is 23.4. The number of hydrogen-bond acceptors (Lipinski definition) is 4. The van der Waals surface area contributed by atoms with Gasteiger partial charge in [-0.05, 0) is 31.7 Å². The van der Waals surface area contributed by atoms with E-state index in [0.29, 0.717) is 25.9 Å². The Morgan fingerprint density at radius 3 is 2.76 bits per heavy atom. The number of alkyl carbamates (subject to hydrolysis) is 1. The lowest BCUT2D eigenvalue weighted by Crippen LogP contribution is -2.57. The Morgan fingerprint density at radius 2 is 2.08 bits per heavy atom. The third-order valence-corrected chi connectivity index (χ3v) is 4.92. The van der Waals surface area contributed by atoms with E-state index < -0.39 is 17.7 Å². The summed E-state index contributed by atoms with van der Waals surface area (Å²) in [5.41, 5.74) is 0.138. The highest BCUT2D eigenvalue weighted by atomic mass is 16.5. The quantitative estimate of drug-likeness (QED) is 0.858. The van der Waals surface area contributed by atoms with Gasteiger partial charge in [-0.3, -0.25) is 9.59 Å². The van der Waals surface area contributed by atoms with Gasteiger partial charge >= 0.3 is 6.09 Å². The fraction of sp³-hybridized carbons (Fsp3) is 0.500. The largest absolute Gasteiger partial charge is 0.445 e. The standard InChI is InChI=1S/C18H23N3O4/c1-13(20-17(24)25-12-14-6-3-2-4-7-14)15(22)21-11-5-8-18(21)9-10-19-16(18)23/h2-4,6-7,13H,5,8-12H2,1H3,(H,19,23)(H,20,24)/t13-,18?/m0/s1. The second-order valence-electron chi connectivity index (χ2n) is 6.56. The molecule has 1 aromatic carbocycles. The molecule has 134 valence electrons. The van der Waals surface area contributed by atoms with E-state index >= 15 is 0 Å². The number of ether oxygens (including phenoxy) is 1. The minimum absolute atomic E-state index is 0.0859. The van der Waals surface area contributed by atoms with Gasteiger partial charge in [0.2, 0.25) is 11.8 Å². The van der Waals surface area contributed by atoms with Crippen molar-refractivity contribution in [2.45, 2.75) is 44.4 Å². The van der Waals surface area contributed by atoms with E-state index in [1.165, 1.54) is 0 Å². The lowest BCUT2D eigenvalue weighted by Gasteiger charge is -2.34. The van der Waals surface area contributed by atoms with Crippen molar-refractivity contribution < 1.29 is 19.1 Å². The molecule has 1 unspecified atom stereocenters. The van der Waals surface area contributed by atoms with Gasteiger partial charge in [0.05, 0.1) is 0 Å². The fourth-order valence-electron chi connectivity index (χ4n) is 3.59. The zero-order valence-electron chi connectivity index (χ0n) is 14.3. The molecule has 2 fully saturated rings. The van der Waals surface area contributed by atoms with Crippen LogP contribution in [0.15, 0.2) is 30.3 Å². The number of nitrogens with zero attached hydrogens (tertiary/aromatic N) is 1. The molecule has 7 heteroatoms. The maximum atomic E-state index is 12.7. The third kappa shape index (κ3) is 3.45. The summed E-state index contributed by atoms with van der Waals surface area (Å²) in [5, 5.41) is 5.37. The molecular weight excluding hydrogens is 322 g/mol. The molecule has 1 aromatic rings. The Balaban J connectivity index is 1.55. The second kappa shape index (κ2) is 7.13. The van der Waals surface area contributed by atoms with Crippen molar-refractivity contribution in [3.8, 4) is 0 Å². The molecule has 3 rings (SSSR count). The molecular formula is C18H23N3O4. The Hall–Kier alpha value is -2.57. The SMILES string of the molecule is C[C@H](NC(=O)OCc1ccccc1)C(=O)N1CCCC12CCNC2=O. The monoisotopic (exact) mass is 345 g/mol. The summed E-state index contributed by atoms with van der Waals surface area (Å²) in [7, 11) is 0. The Bertz CT molecular complexity index is 660. The number of amides is 3. The van der Waals surface area contributed by atoms with Crippen LogP contribution < -0.4 is 10.6 Å². The van der Waals surface area contributed by atoms with Crippen LogP contribution in [-0.2, 0) is 20.9 Å². The summed E-state index contributed by atoms with van der Waals surface area (Å²) in [6, 6.07) is 8.58. The molecule has 2 atom stereocenters. The summed E-state index contributed by atoms with van der Waals surface area (Å²) >= 11 is 0. The molecule has 2 heterocycles. The lowest BCUT2D eigenvalue weighted by molar-refractivity contribution is -0.143. The number of likely N-dealkylation sites (tertiary alicyclic amines) is 1. The zero-order valence-corrected chi connectivity index (χ0v) is 14.3. The number of rotatable bonds is 4. The summed E-state index contributed by atoms with van der Waals surface area (Å²) < 4.78 is 5.15. The molecule has 3 amide bonds. The third-order valence-electron chi connectivity index (χ3n) is 4.92. The molecule has 0 aromatic heterocycles. The molecule has 0 saturated carbocycles. The second-order valence-corrected chi connectivity index (χ2v) is 6.56. The van der Waals surface area contributed by atoms with Crippen LogP contribution in [0.2, 0.25) is 0 Å².